The monoisotopic (exact) mass is 266 g/mol. The highest BCUT2D eigenvalue weighted by Gasteiger charge is 2.15. The van der Waals surface area contributed by atoms with Crippen molar-refractivity contribution in [3.63, 3.8) is 0 Å². The first-order valence-corrected chi connectivity index (χ1v) is 6.54. The van der Waals surface area contributed by atoms with Crippen molar-refractivity contribution in [3.8, 4) is 11.5 Å². The SMILES string of the molecule is CNC(C)(C)CNCc1c(C)cc(OC)cc1OC. The lowest BCUT2D eigenvalue weighted by Crippen LogP contribution is -2.45. The van der Waals surface area contributed by atoms with E-state index in [2.05, 4.69) is 31.4 Å². The Bertz CT molecular complexity index is 417. The molecule has 0 saturated heterocycles. The number of benzene rings is 1. The first-order valence-electron chi connectivity index (χ1n) is 6.54. The number of rotatable bonds is 7. The van der Waals surface area contributed by atoms with Crippen molar-refractivity contribution in [2.45, 2.75) is 32.9 Å². The van der Waals surface area contributed by atoms with Crippen LogP contribution in [0.3, 0.4) is 0 Å². The highest BCUT2D eigenvalue weighted by molar-refractivity contribution is 5.46. The second kappa shape index (κ2) is 6.78. The average molecular weight is 266 g/mol. The van der Waals surface area contributed by atoms with Gasteiger partial charge in [-0.2, -0.15) is 0 Å². The van der Waals surface area contributed by atoms with E-state index in [1.807, 2.05) is 19.2 Å². The van der Waals surface area contributed by atoms with Crippen LogP contribution < -0.4 is 20.1 Å². The molecule has 0 unspecified atom stereocenters. The summed E-state index contributed by atoms with van der Waals surface area (Å²) in [5.74, 6) is 1.69. The topological polar surface area (TPSA) is 42.5 Å². The van der Waals surface area contributed by atoms with Crippen LogP contribution in [0.15, 0.2) is 12.1 Å². The fraction of sp³-hybridized carbons (Fsp3) is 0.600. The first-order chi connectivity index (χ1) is 8.93. The maximum atomic E-state index is 5.44. The molecule has 0 aliphatic carbocycles. The molecule has 4 heteroatoms. The lowest BCUT2D eigenvalue weighted by Gasteiger charge is -2.25. The number of methoxy groups -OCH3 is 2. The molecule has 0 saturated carbocycles. The number of ether oxygens (including phenoxy) is 2. The van der Waals surface area contributed by atoms with Crippen LogP contribution in [0.25, 0.3) is 0 Å². The van der Waals surface area contributed by atoms with Gasteiger partial charge in [-0.05, 0) is 39.4 Å². The van der Waals surface area contributed by atoms with Gasteiger partial charge in [0.1, 0.15) is 11.5 Å². The summed E-state index contributed by atoms with van der Waals surface area (Å²) >= 11 is 0. The largest absolute Gasteiger partial charge is 0.497 e. The lowest BCUT2D eigenvalue weighted by molar-refractivity contribution is 0.378. The average Bonchev–Trinajstić information content (AvgIpc) is 2.39. The number of hydrogen-bond acceptors (Lipinski definition) is 4. The summed E-state index contributed by atoms with van der Waals surface area (Å²) in [7, 11) is 5.33. The molecule has 0 aromatic heterocycles. The molecule has 19 heavy (non-hydrogen) atoms. The minimum Gasteiger partial charge on any atom is -0.497 e. The summed E-state index contributed by atoms with van der Waals surface area (Å²) in [6, 6.07) is 3.95. The molecule has 0 radical (unpaired) electrons. The third-order valence-electron chi connectivity index (χ3n) is 3.41. The van der Waals surface area contributed by atoms with Gasteiger partial charge in [-0.1, -0.05) is 0 Å². The predicted octanol–water partition coefficient (Wildman–Crippen LogP) is 2.10. The minimum atomic E-state index is 0.0770. The van der Waals surface area contributed by atoms with Gasteiger partial charge in [0, 0.05) is 30.3 Å². The van der Waals surface area contributed by atoms with E-state index >= 15 is 0 Å². The van der Waals surface area contributed by atoms with Gasteiger partial charge in [0.2, 0.25) is 0 Å². The highest BCUT2D eigenvalue weighted by atomic mass is 16.5. The zero-order valence-corrected chi connectivity index (χ0v) is 12.9. The maximum Gasteiger partial charge on any atom is 0.127 e. The highest BCUT2D eigenvalue weighted by Crippen LogP contribution is 2.28. The molecule has 0 atom stereocenters. The summed E-state index contributed by atoms with van der Waals surface area (Å²) in [4.78, 5) is 0. The van der Waals surface area contributed by atoms with Gasteiger partial charge in [-0.3, -0.25) is 0 Å². The molecule has 2 N–H and O–H groups in total. The second-order valence-corrected chi connectivity index (χ2v) is 5.36. The van der Waals surface area contributed by atoms with Crippen molar-refractivity contribution < 1.29 is 9.47 Å². The molecule has 0 heterocycles. The van der Waals surface area contributed by atoms with Gasteiger partial charge in [0.05, 0.1) is 14.2 Å². The number of nitrogens with one attached hydrogen (secondary N) is 2. The van der Waals surface area contributed by atoms with Gasteiger partial charge in [0.15, 0.2) is 0 Å². The molecule has 4 nitrogen and oxygen atoms in total. The Kier molecular flexibility index (Phi) is 5.63. The fourth-order valence-electron chi connectivity index (χ4n) is 1.87. The third kappa shape index (κ3) is 4.40. The van der Waals surface area contributed by atoms with E-state index in [4.69, 9.17) is 9.47 Å². The third-order valence-corrected chi connectivity index (χ3v) is 3.41. The van der Waals surface area contributed by atoms with Crippen LogP contribution in [0.2, 0.25) is 0 Å². The molecule has 1 aromatic carbocycles. The smallest absolute Gasteiger partial charge is 0.127 e. The van der Waals surface area contributed by atoms with Gasteiger partial charge < -0.3 is 20.1 Å². The molecule has 0 aliphatic rings. The van der Waals surface area contributed by atoms with Crippen LogP contribution in [0, 0.1) is 6.92 Å². The molecule has 1 aromatic rings. The van der Waals surface area contributed by atoms with Crippen molar-refractivity contribution in [2.75, 3.05) is 27.8 Å². The first kappa shape index (κ1) is 15.8. The van der Waals surface area contributed by atoms with Gasteiger partial charge in [0.25, 0.3) is 0 Å². The zero-order valence-electron chi connectivity index (χ0n) is 12.9. The predicted molar refractivity (Wildman–Crippen MR) is 79.1 cm³/mol. The number of aryl methyl sites for hydroxylation is 1. The lowest BCUT2D eigenvalue weighted by atomic mass is 10.0. The van der Waals surface area contributed by atoms with Crippen LogP contribution in [-0.4, -0.2) is 33.4 Å². The summed E-state index contributed by atoms with van der Waals surface area (Å²) in [6.45, 7) is 8.07. The summed E-state index contributed by atoms with van der Waals surface area (Å²) in [5.41, 5.74) is 2.43. The number of likely N-dealkylation sites (N-methyl/N-ethyl adjacent to an activating group) is 1. The Morgan fingerprint density at radius 1 is 1.16 bits per heavy atom. The van der Waals surface area contributed by atoms with E-state index in [1.165, 1.54) is 11.1 Å². The van der Waals surface area contributed by atoms with E-state index < -0.39 is 0 Å². The Hall–Kier alpha value is -1.26. The van der Waals surface area contributed by atoms with Crippen molar-refractivity contribution in [3.05, 3.63) is 23.3 Å². The Morgan fingerprint density at radius 3 is 2.37 bits per heavy atom. The van der Waals surface area contributed by atoms with Crippen LogP contribution in [0.5, 0.6) is 11.5 Å². The maximum absolute atomic E-state index is 5.44. The Balaban J connectivity index is 2.78. The van der Waals surface area contributed by atoms with Crippen molar-refractivity contribution in [1.82, 2.24) is 10.6 Å². The number of hydrogen-bond donors (Lipinski definition) is 2. The van der Waals surface area contributed by atoms with E-state index in [0.29, 0.717) is 0 Å². The van der Waals surface area contributed by atoms with Crippen molar-refractivity contribution in [2.24, 2.45) is 0 Å². The minimum absolute atomic E-state index is 0.0770. The normalized spacial score (nSPS) is 11.5. The van der Waals surface area contributed by atoms with Gasteiger partial charge in [-0.25, -0.2) is 0 Å². The Morgan fingerprint density at radius 2 is 1.84 bits per heavy atom. The molecule has 1 rings (SSSR count). The van der Waals surface area contributed by atoms with Crippen LogP contribution in [0.1, 0.15) is 25.0 Å². The van der Waals surface area contributed by atoms with E-state index in [-0.39, 0.29) is 5.54 Å². The molecule has 0 bridgehead atoms. The van der Waals surface area contributed by atoms with Crippen LogP contribution >= 0.6 is 0 Å². The van der Waals surface area contributed by atoms with Crippen molar-refractivity contribution in [1.29, 1.82) is 0 Å². The van der Waals surface area contributed by atoms with E-state index in [9.17, 15) is 0 Å². The zero-order chi connectivity index (χ0) is 14.5. The molecule has 0 amide bonds. The summed E-state index contributed by atoms with van der Waals surface area (Å²) in [6.07, 6.45) is 0. The van der Waals surface area contributed by atoms with Crippen molar-refractivity contribution >= 4 is 0 Å². The van der Waals surface area contributed by atoms with Gasteiger partial charge >= 0.3 is 0 Å². The molecular weight excluding hydrogens is 240 g/mol. The second-order valence-electron chi connectivity index (χ2n) is 5.36. The van der Waals surface area contributed by atoms with E-state index in [0.717, 1.165) is 24.6 Å². The van der Waals surface area contributed by atoms with E-state index in [1.54, 1.807) is 14.2 Å². The summed E-state index contributed by atoms with van der Waals surface area (Å²) in [5, 5.41) is 6.74. The fourth-order valence-corrected chi connectivity index (χ4v) is 1.87. The van der Waals surface area contributed by atoms with Gasteiger partial charge in [-0.15, -0.1) is 0 Å². The van der Waals surface area contributed by atoms with Crippen LogP contribution in [0.4, 0.5) is 0 Å². The molecular formula is C15H26N2O2. The Labute approximate surface area is 116 Å². The molecule has 0 fully saturated rings. The molecule has 108 valence electrons. The quantitative estimate of drug-likeness (QED) is 0.793. The van der Waals surface area contributed by atoms with Crippen LogP contribution in [-0.2, 0) is 6.54 Å². The standard InChI is InChI=1S/C15H26N2O2/c1-11-7-12(18-5)8-14(19-6)13(11)9-17-10-15(2,3)16-4/h7-8,16-17H,9-10H2,1-6H3. The summed E-state index contributed by atoms with van der Waals surface area (Å²) < 4.78 is 10.7. The molecule has 0 aliphatic heterocycles. The molecule has 0 spiro atoms.